The number of aliphatic carboxylic acids is 1. The third-order valence-electron chi connectivity index (χ3n) is 3.13. The van der Waals surface area contributed by atoms with Crippen LogP contribution in [0, 0.1) is 0 Å². The number of nitrogens with zero attached hydrogens (tertiary/aromatic N) is 2. The summed E-state index contributed by atoms with van der Waals surface area (Å²) in [5, 5.41) is 11.1. The van der Waals surface area contributed by atoms with Gasteiger partial charge >= 0.3 is 12.0 Å². The number of morpholine rings is 1. The smallest absolute Gasteiger partial charge is 0.320 e. The largest absolute Gasteiger partial charge is 0.481 e. The van der Waals surface area contributed by atoms with Gasteiger partial charge in [-0.25, -0.2) is 4.79 Å². The van der Waals surface area contributed by atoms with Crippen LogP contribution in [-0.4, -0.2) is 79.3 Å². The number of nitrogens with one attached hydrogen (secondary N) is 1. The molecule has 1 saturated heterocycles. The van der Waals surface area contributed by atoms with E-state index in [1.807, 2.05) is 0 Å². The fraction of sp³-hybridized carbons (Fsp3) is 0.750. The van der Waals surface area contributed by atoms with Crippen LogP contribution in [0.15, 0.2) is 0 Å². The predicted octanol–water partition coefficient (Wildman–Crippen LogP) is -0.650. The second-order valence-corrected chi connectivity index (χ2v) is 4.60. The van der Waals surface area contributed by atoms with Crippen molar-refractivity contribution in [1.29, 1.82) is 0 Å². The summed E-state index contributed by atoms with van der Waals surface area (Å²) in [7, 11) is 3.11. The first-order valence-electron chi connectivity index (χ1n) is 6.50. The van der Waals surface area contributed by atoms with Crippen LogP contribution >= 0.6 is 0 Å². The molecule has 1 heterocycles. The lowest BCUT2D eigenvalue weighted by Crippen LogP contribution is -2.58. The van der Waals surface area contributed by atoms with Gasteiger partial charge in [0.1, 0.15) is 6.04 Å². The summed E-state index contributed by atoms with van der Waals surface area (Å²) in [5.41, 5.74) is 0. The highest BCUT2D eigenvalue weighted by Gasteiger charge is 2.33. The molecule has 0 aromatic heterocycles. The molecule has 1 atom stereocenters. The van der Waals surface area contributed by atoms with Gasteiger partial charge in [-0.1, -0.05) is 0 Å². The number of amides is 3. The lowest BCUT2D eigenvalue weighted by molar-refractivity contribution is -0.137. The highest BCUT2D eigenvalue weighted by Crippen LogP contribution is 2.10. The quantitative estimate of drug-likeness (QED) is 0.700. The van der Waals surface area contributed by atoms with Crippen molar-refractivity contribution in [2.75, 3.05) is 40.4 Å². The number of urea groups is 1. The van der Waals surface area contributed by atoms with Gasteiger partial charge in [-0.15, -0.1) is 0 Å². The Bertz CT molecular complexity index is 374. The molecule has 1 aliphatic heterocycles. The maximum absolute atomic E-state index is 12.3. The van der Waals surface area contributed by atoms with Gasteiger partial charge in [0.2, 0.25) is 5.91 Å². The van der Waals surface area contributed by atoms with Crippen LogP contribution < -0.4 is 5.32 Å². The summed E-state index contributed by atoms with van der Waals surface area (Å²) in [6.45, 7) is 1.25. The van der Waals surface area contributed by atoms with E-state index in [1.54, 1.807) is 7.05 Å². The fourth-order valence-electron chi connectivity index (χ4n) is 2.00. The van der Waals surface area contributed by atoms with Crippen LogP contribution in [0.1, 0.15) is 12.8 Å². The number of carboxylic acid groups (broad SMARTS) is 1. The molecule has 1 aliphatic rings. The normalized spacial score (nSPS) is 18.5. The van der Waals surface area contributed by atoms with Crippen molar-refractivity contribution >= 4 is 17.9 Å². The maximum atomic E-state index is 12.3. The Morgan fingerprint density at radius 3 is 2.75 bits per heavy atom. The molecule has 114 valence electrons. The van der Waals surface area contributed by atoms with Crippen molar-refractivity contribution in [3.05, 3.63) is 0 Å². The van der Waals surface area contributed by atoms with Crippen molar-refractivity contribution in [3.8, 4) is 0 Å². The summed E-state index contributed by atoms with van der Waals surface area (Å²) in [6.07, 6.45) is 0.395. The summed E-state index contributed by atoms with van der Waals surface area (Å²) in [5.74, 6) is -1.16. The molecule has 1 fully saturated rings. The van der Waals surface area contributed by atoms with E-state index >= 15 is 0 Å². The predicted molar refractivity (Wildman–Crippen MR) is 70.3 cm³/mol. The van der Waals surface area contributed by atoms with Crippen molar-refractivity contribution in [2.24, 2.45) is 0 Å². The first-order valence-corrected chi connectivity index (χ1v) is 6.50. The van der Waals surface area contributed by atoms with Crippen LogP contribution in [0.3, 0.4) is 0 Å². The number of hydrogen-bond acceptors (Lipinski definition) is 4. The van der Waals surface area contributed by atoms with Gasteiger partial charge in [0.05, 0.1) is 13.2 Å². The molecule has 8 heteroatoms. The van der Waals surface area contributed by atoms with E-state index in [0.717, 1.165) is 0 Å². The van der Waals surface area contributed by atoms with Gasteiger partial charge in [-0.05, 0) is 6.42 Å². The van der Waals surface area contributed by atoms with Gasteiger partial charge < -0.3 is 25.0 Å². The second kappa shape index (κ2) is 7.68. The van der Waals surface area contributed by atoms with E-state index in [9.17, 15) is 14.4 Å². The van der Waals surface area contributed by atoms with E-state index in [2.05, 4.69) is 5.32 Å². The Hall–Kier alpha value is -1.83. The molecule has 0 aromatic rings. The Labute approximate surface area is 117 Å². The average Bonchev–Trinajstić information content (AvgIpc) is 2.45. The van der Waals surface area contributed by atoms with Crippen LogP contribution in [0.2, 0.25) is 0 Å². The highest BCUT2D eigenvalue weighted by atomic mass is 16.5. The number of hydrogen-bond donors (Lipinski definition) is 2. The molecule has 1 rings (SSSR count). The van der Waals surface area contributed by atoms with Gasteiger partial charge in [0.15, 0.2) is 0 Å². The fourth-order valence-corrected chi connectivity index (χ4v) is 2.00. The molecule has 20 heavy (non-hydrogen) atoms. The molecular formula is C12H21N3O5. The molecule has 1 unspecified atom stereocenters. The Balaban J connectivity index is 2.57. The molecule has 0 aromatic carbocycles. The minimum atomic E-state index is -0.888. The molecular weight excluding hydrogens is 266 g/mol. The van der Waals surface area contributed by atoms with Gasteiger partial charge in [0, 0.05) is 33.6 Å². The number of carboxylic acids is 1. The maximum Gasteiger partial charge on any atom is 0.320 e. The molecule has 0 radical (unpaired) electrons. The lowest BCUT2D eigenvalue weighted by Gasteiger charge is -2.36. The molecule has 2 N–H and O–H groups in total. The van der Waals surface area contributed by atoms with E-state index in [-0.39, 0.29) is 25.0 Å². The molecule has 3 amide bonds. The van der Waals surface area contributed by atoms with Crippen molar-refractivity contribution in [1.82, 2.24) is 15.1 Å². The number of carbonyl (C=O) groups excluding carboxylic acids is 2. The molecule has 0 bridgehead atoms. The molecule has 0 spiro atoms. The van der Waals surface area contributed by atoms with Gasteiger partial charge in [-0.2, -0.15) is 0 Å². The van der Waals surface area contributed by atoms with Crippen molar-refractivity contribution in [2.45, 2.75) is 18.9 Å². The SMILES string of the molecule is CNC(=O)C1COCCN1C(=O)N(C)CCCC(=O)O. The Morgan fingerprint density at radius 2 is 2.15 bits per heavy atom. The zero-order chi connectivity index (χ0) is 15.1. The van der Waals surface area contributed by atoms with Crippen LogP contribution in [0.4, 0.5) is 4.79 Å². The average molecular weight is 287 g/mol. The first-order chi connectivity index (χ1) is 9.47. The standard InChI is InChI=1S/C12H21N3O5/c1-13-11(18)9-8-20-7-6-15(9)12(19)14(2)5-3-4-10(16)17/h9H,3-8H2,1-2H3,(H,13,18)(H,16,17). The van der Waals surface area contributed by atoms with E-state index in [4.69, 9.17) is 9.84 Å². The summed E-state index contributed by atoms with van der Waals surface area (Å²) in [6, 6.07) is -0.921. The van der Waals surface area contributed by atoms with Crippen LogP contribution in [0.25, 0.3) is 0 Å². The zero-order valence-corrected chi connectivity index (χ0v) is 11.8. The summed E-state index contributed by atoms with van der Waals surface area (Å²) in [4.78, 5) is 37.3. The second-order valence-electron chi connectivity index (χ2n) is 4.60. The lowest BCUT2D eigenvalue weighted by atomic mass is 10.2. The third kappa shape index (κ3) is 4.37. The monoisotopic (exact) mass is 287 g/mol. The number of carbonyl (C=O) groups is 3. The van der Waals surface area contributed by atoms with Gasteiger partial charge in [0.25, 0.3) is 0 Å². The van der Waals surface area contributed by atoms with Crippen molar-refractivity contribution < 1.29 is 24.2 Å². The minimum absolute atomic E-state index is 0.0135. The van der Waals surface area contributed by atoms with E-state index in [1.165, 1.54) is 16.8 Å². The highest BCUT2D eigenvalue weighted by molar-refractivity contribution is 5.87. The number of ether oxygens (including phenoxy) is 1. The van der Waals surface area contributed by atoms with Crippen molar-refractivity contribution in [3.63, 3.8) is 0 Å². The van der Waals surface area contributed by atoms with Crippen LogP contribution in [0.5, 0.6) is 0 Å². The zero-order valence-electron chi connectivity index (χ0n) is 11.8. The molecule has 0 saturated carbocycles. The first kappa shape index (κ1) is 16.2. The van der Waals surface area contributed by atoms with Gasteiger partial charge in [-0.3, -0.25) is 9.59 Å². The number of rotatable bonds is 5. The van der Waals surface area contributed by atoms with Crippen LogP contribution in [-0.2, 0) is 14.3 Å². The third-order valence-corrected chi connectivity index (χ3v) is 3.13. The molecule has 8 nitrogen and oxygen atoms in total. The number of likely N-dealkylation sites (N-methyl/N-ethyl adjacent to an activating group) is 1. The Morgan fingerprint density at radius 1 is 1.45 bits per heavy atom. The topological polar surface area (TPSA) is 99.2 Å². The summed E-state index contributed by atoms with van der Waals surface area (Å²) < 4.78 is 5.23. The Kier molecular flexibility index (Phi) is 6.23. The van der Waals surface area contributed by atoms with E-state index < -0.39 is 12.0 Å². The van der Waals surface area contributed by atoms with E-state index in [0.29, 0.717) is 26.1 Å². The summed E-state index contributed by atoms with van der Waals surface area (Å²) >= 11 is 0. The molecule has 0 aliphatic carbocycles. The minimum Gasteiger partial charge on any atom is -0.481 e.